The number of amides is 2. The second kappa shape index (κ2) is 12.2. The van der Waals surface area contributed by atoms with Crippen molar-refractivity contribution in [3.63, 3.8) is 0 Å². The van der Waals surface area contributed by atoms with Crippen LogP contribution in [-0.4, -0.2) is 36.4 Å². The molecule has 0 radical (unpaired) electrons. The van der Waals surface area contributed by atoms with E-state index in [9.17, 15) is 9.59 Å². The first kappa shape index (κ1) is 25.3. The molecule has 3 rings (SSSR count). The zero-order chi connectivity index (χ0) is 24.5. The molecule has 0 aliphatic rings. The highest BCUT2D eigenvalue weighted by Gasteiger charge is 2.30. The van der Waals surface area contributed by atoms with Gasteiger partial charge < -0.3 is 15.0 Å². The largest absolute Gasteiger partial charge is 0.484 e. The molecule has 5 nitrogen and oxygen atoms in total. The fourth-order valence-electron chi connectivity index (χ4n) is 3.71. The number of carbonyl (C=O) groups is 2. The molecule has 0 bridgehead atoms. The second-order valence-electron chi connectivity index (χ2n) is 8.45. The molecule has 0 fully saturated rings. The smallest absolute Gasteiger partial charge is 0.261 e. The van der Waals surface area contributed by atoms with Crippen LogP contribution in [0.5, 0.6) is 5.75 Å². The van der Waals surface area contributed by atoms with Crippen molar-refractivity contribution < 1.29 is 14.3 Å². The van der Waals surface area contributed by atoms with E-state index in [0.717, 1.165) is 11.1 Å². The van der Waals surface area contributed by atoms with Gasteiger partial charge >= 0.3 is 0 Å². The lowest BCUT2D eigenvalue weighted by atomic mass is 10.0. The molecule has 178 valence electrons. The summed E-state index contributed by atoms with van der Waals surface area (Å²) in [5, 5.41) is 3.25. The predicted molar refractivity (Wildman–Crippen MR) is 136 cm³/mol. The number of benzene rings is 3. The van der Waals surface area contributed by atoms with Gasteiger partial charge in [0.15, 0.2) is 6.61 Å². The Bertz CT molecular complexity index is 1080. The Balaban J connectivity index is 1.85. The van der Waals surface area contributed by atoms with Crippen molar-refractivity contribution in [2.75, 3.05) is 13.7 Å². The van der Waals surface area contributed by atoms with Crippen LogP contribution in [0, 0.1) is 0 Å². The molecule has 0 saturated carbocycles. The molecule has 0 aromatic heterocycles. The van der Waals surface area contributed by atoms with Gasteiger partial charge in [0, 0.05) is 25.0 Å². The van der Waals surface area contributed by atoms with Gasteiger partial charge in [0.1, 0.15) is 11.8 Å². The van der Waals surface area contributed by atoms with E-state index in [2.05, 4.69) is 19.2 Å². The van der Waals surface area contributed by atoms with Crippen LogP contribution < -0.4 is 10.1 Å². The van der Waals surface area contributed by atoms with Crippen LogP contribution >= 0.6 is 11.6 Å². The molecule has 2 amide bonds. The zero-order valence-corrected chi connectivity index (χ0v) is 20.6. The average Bonchev–Trinajstić information content (AvgIpc) is 2.86. The van der Waals surface area contributed by atoms with Crippen molar-refractivity contribution in [2.45, 2.75) is 38.8 Å². The van der Waals surface area contributed by atoms with E-state index < -0.39 is 6.04 Å². The summed E-state index contributed by atoms with van der Waals surface area (Å²) in [4.78, 5) is 27.9. The van der Waals surface area contributed by atoms with E-state index in [1.807, 2.05) is 72.8 Å². The summed E-state index contributed by atoms with van der Waals surface area (Å²) in [6.45, 7) is 4.25. The third-order valence-corrected chi connectivity index (χ3v) is 6.09. The number of ether oxygens (including phenoxy) is 1. The molecule has 3 aromatic carbocycles. The number of nitrogens with one attached hydrogen (secondary N) is 1. The van der Waals surface area contributed by atoms with Gasteiger partial charge in [-0.05, 0) is 40.8 Å². The molecule has 1 N–H and O–H groups in total. The Morgan fingerprint density at radius 1 is 0.941 bits per heavy atom. The highest BCUT2D eigenvalue weighted by molar-refractivity contribution is 6.31. The summed E-state index contributed by atoms with van der Waals surface area (Å²) < 4.78 is 5.81. The second-order valence-corrected chi connectivity index (χ2v) is 8.85. The molecule has 0 aliphatic heterocycles. The van der Waals surface area contributed by atoms with Crippen LogP contribution in [0.25, 0.3) is 0 Å². The molecule has 1 atom stereocenters. The molecular formula is C28H31ClN2O3. The van der Waals surface area contributed by atoms with Crippen LogP contribution in [0.2, 0.25) is 5.02 Å². The first-order chi connectivity index (χ1) is 16.4. The Labute approximate surface area is 206 Å². The topological polar surface area (TPSA) is 58.6 Å². The van der Waals surface area contributed by atoms with E-state index in [1.54, 1.807) is 18.0 Å². The lowest BCUT2D eigenvalue weighted by molar-refractivity contribution is -0.142. The fraction of sp³-hybridized carbons (Fsp3) is 0.286. The monoisotopic (exact) mass is 478 g/mol. The molecule has 0 saturated heterocycles. The third kappa shape index (κ3) is 6.84. The van der Waals surface area contributed by atoms with Crippen molar-refractivity contribution in [1.82, 2.24) is 10.2 Å². The first-order valence-corrected chi connectivity index (χ1v) is 11.8. The van der Waals surface area contributed by atoms with E-state index in [1.165, 1.54) is 5.56 Å². The lowest BCUT2D eigenvalue weighted by Crippen LogP contribution is -2.51. The highest BCUT2D eigenvalue weighted by Crippen LogP contribution is 2.22. The number of nitrogens with zero attached hydrogens (tertiary/aromatic N) is 1. The number of likely N-dealkylation sites (N-methyl/N-ethyl adjacent to an activating group) is 1. The van der Waals surface area contributed by atoms with Crippen molar-refractivity contribution in [1.29, 1.82) is 0 Å². The van der Waals surface area contributed by atoms with Gasteiger partial charge in [-0.25, -0.2) is 0 Å². The summed E-state index contributed by atoms with van der Waals surface area (Å²) in [5.41, 5.74) is 2.92. The lowest BCUT2D eigenvalue weighted by Gasteiger charge is -2.31. The molecule has 0 aliphatic carbocycles. The number of rotatable bonds is 10. The van der Waals surface area contributed by atoms with Crippen LogP contribution in [0.15, 0.2) is 78.9 Å². The number of hydrogen-bond acceptors (Lipinski definition) is 3. The van der Waals surface area contributed by atoms with E-state index in [0.29, 0.717) is 23.1 Å². The van der Waals surface area contributed by atoms with Gasteiger partial charge in [0.05, 0.1) is 0 Å². The van der Waals surface area contributed by atoms with E-state index in [-0.39, 0.29) is 25.0 Å². The summed E-state index contributed by atoms with van der Waals surface area (Å²) in [6, 6.07) is 24.0. The highest BCUT2D eigenvalue weighted by atomic mass is 35.5. The van der Waals surface area contributed by atoms with Crippen molar-refractivity contribution in [2.24, 2.45) is 0 Å². The van der Waals surface area contributed by atoms with Gasteiger partial charge in [-0.15, -0.1) is 0 Å². The molecule has 0 heterocycles. The standard InChI is InChI=1S/C28H31ClN2O3/c1-20(2)22-13-15-24(16-14-22)34-19-27(32)31(18-23-11-7-8-12-25(23)29)26(28(33)30-3)17-21-9-5-4-6-10-21/h4-16,20,26H,17-19H2,1-3H3,(H,30,33)/t26-/m1/s1. The quantitative estimate of drug-likeness (QED) is 0.434. The first-order valence-electron chi connectivity index (χ1n) is 11.4. The van der Waals surface area contributed by atoms with Crippen molar-refractivity contribution in [3.05, 3.63) is 101 Å². The minimum Gasteiger partial charge on any atom is -0.484 e. The van der Waals surface area contributed by atoms with Crippen LogP contribution in [0.4, 0.5) is 0 Å². The molecular weight excluding hydrogens is 448 g/mol. The van der Waals surface area contributed by atoms with Gasteiger partial charge in [-0.2, -0.15) is 0 Å². The number of halogens is 1. The maximum absolute atomic E-state index is 13.4. The van der Waals surface area contributed by atoms with Crippen molar-refractivity contribution in [3.8, 4) is 5.75 Å². The van der Waals surface area contributed by atoms with Gasteiger partial charge in [0.25, 0.3) is 5.91 Å². The van der Waals surface area contributed by atoms with E-state index in [4.69, 9.17) is 16.3 Å². The Morgan fingerprint density at radius 2 is 1.59 bits per heavy atom. The summed E-state index contributed by atoms with van der Waals surface area (Å²) in [6.07, 6.45) is 0.375. The minimum absolute atomic E-state index is 0.187. The SMILES string of the molecule is CNC(=O)[C@@H](Cc1ccccc1)N(Cc1ccccc1Cl)C(=O)COc1ccc(C(C)C)cc1. The maximum atomic E-state index is 13.4. The van der Waals surface area contributed by atoms with Gasteiger partial charge in [-0.1, -0.05) is 86.1 Å². The average molecular weight is 479 g/mol. The van der Waals surface area contributed by atoms with Gasteiger partial charge in [-0.3, -0.25) is 9.59 Å². The Kier molecular flexibility index (Phi) is 9.11. The number of hydrogen-bond donors (Lipinski definition) is 1. The Hall–Kier alpha value is -3.31. The molecule has 6 heteroatoms. The van der Waals surface area contributed by atoms with E-state index >= 15 is 0 Å². The molecule has 0 unspecified atom stereocenters. The summed E-state index contributed by atoms with van der Waals surface area (Å²) in [5.74, 6) is 0.478. The molecule has 34 heavy (non-hydrogen) atoms. The summed E-state index contributed by atoms with van der Waals surface area (Å²) in [7, 11) is 1.57. The predicted octanol–water partition coefficient (Wildman–Crippen LogP) is 5.23. The fourth-order valence-corrected chi connectivity index (χ4v) is 3.90. The Morgan fingerprint density at radius 3 is 2.21 bits per heavy atom. The normalized spacial score (nSPS) is 11.7. The zero-order valence-electron chi connectivity index (χ0n) is 19.8. The van der Waals surface area contributed by atoms with Crippen LogP contribution in [-0.2, 0) is 22.6 Å². The minimum atomic E-state index is -0.719. The van der Waals surface area contributed by atoms with Crippen LogP contribution in [0.3, 0.4) is 0 Å². The summed E-state index contributed by atoms with van der Waals surface area (Å²) >= 11 is 6.39. The van der Waals surface area contributed by atoms with Crippen LogP contribution in [0.1, 0.15) is 36.5 Å². The third-order valence-electron chi connectivity index (χ3n) is 5.73. The molecule has 0 spiro atoms. The molecule has 3 aromatic rings. The van der Waals surface area contributed by atoms with Crippen molar-refractivity contribution >= 4 is 23.4 Å². The van der Waals surface area contributed by atoms with Gasteiger partial charge in [0.2, 0.25) is 5.91 Å². The maximum Gasteiger partial charge on any atom is 0.261 e. The number of carbonyl (C=O) groups excluding carboxylic acids is 2.